The predicted molar refractivity (Wildman–Crippen MR) is 122 cm³/mol. The maximum absolute atomic E-state index is 12.3. The lowest BCUT2D eigenvalue weighted by atomic mass is 10.1. The smallest absolute Gasteiger partial charge is 0.225 e. The first-order valence-electron chi connectivity index (χ1n) is 10.4. The molecule has 1 aromatic heterocycles. The molecule has 2 aromatic carbocycles. The number of hydrogen-bond acceptors (Lipinski definition) is 6. The molecule has 1 aliphatic rings. The van der Waals surface area contributed by atoms with Crippen molar-refractivity contribution in [1.82, 2.24) is 9.97 Å². The lowest BCUT2D eigenvalue weighted by Gasteiger charge is -2.36. The molecule has 1 saturated heterocycles. The van der Waals surface area contributed by atoms with Crippen LogP contribution in [0.25, 0.3) is 0 Å². The van der Waals surface area contributed by atoms with Gasteiger partial charge in [0.15, 0.2) is 5.78 Å². The van der Waals surface area contributed by atoms with Crippen LogP contribution in [0.1, 0.15) is 23.2 Å². The van der Waals surface area contributed by atoms with E-state index >= 15 is 0 Å². The Morgan fingerprint density at radius 2 is 1.45 bits per heavy atom. The van der Waals surface area contributed by atoms with Gasteiger partial charge in [0.2, 0.25) is 5.91 Å². The zero-order valence-corrected chi connectivity index (χ0v) is 17.3. The summed E-state index contributed by atoms with van der Waals surface area (Å²) in [6.07, 6.45) is 1.74. The highest BCUT2D eigenvalue weighted by Gasteiger charge is 2.19. The monoisotopic (exact) mass is 415 g/mol. The van der Waals surface area contributed by atoms with E-state index in [0.717, 1.165) is 32.0 Å². The van der Waals surface area contributed by atoms with E-state index in [0.29, 0.717) is 11.4 Å². The van der Waals surface area contributed by atoms with Gasteiger partial charge in [-0.2, -0.15) is 0 Å². The van der Waals surface area contributed by atoms with Crippen LogP contribution in [-0.4, -0.2) is 47.8 Å². The molecular weight excluding hydrogens is 390 g/mol. The zero-order chi connectivity index (χ0) is 21.5. The minimum Gasteiger partial charge on any atom is -0.368 e. The van der Waals surface area contributed by atoms with Crippen molar-refractivity contribution in [2.75, 3.05) is 41.3 Å². The van der Waals surface area contributed by atoms with Crippen LogP contribution >= 0.6 is 0 Å². The molecule has 0 bridgehead atoms. The summed E-state index contributed by atoms with van der Waals surface area (Å²) in [5.74, 6) is 0.962. The fourth-order valence-electron chi connectivity index (χ4n) is 3.62. The summed E-state index contributed by atoms with van der Waals surface area (Å²) in [5.41, 5.74) is 1.84. The first-order chi connectivity index (χ1) is 15.2. The number of para-hydroxylation sites is 1. The number of amides is 1. The molecule has 4 rings (SSSR count). The van der Waals surface area contributed by atoms with Gasteiger partial charge in [-0.15, -0.1) is 0 Å². The van der Waals surface area contributed by atoms with Gasteiger partial charge in [0.05, 0.1) is 0 Å². The number of rotatable bonds is 7. The number of piperazine rings is 1. The second-order valence-corrected chi connectivity index (χ2v) is 7.41. The van der Waals surface area contributed by atoms with Crippen molar-refractivity contribution in [2.45, 2.75) is 12.8 Å². The molecule has 3 aromatic rings. The first-order valence-corrected chi connectivity index (χ1v) is 10.4. The average Bonchev–Trinajstić information content (AvgIpc) is 2.84. The molecule has 158 valence electrons. The fourth-order valence-corrected chi connectivity index (χ4v) is 3.62. The number of hydrogen-bond donors (Lipinski definition) is 1. The molecule has 0 aliphatic carbocycles. The van der Waals surface area contributed by atoms with E-state index in [1.54, 1.807) is 18.2 Å². The molecule has 2 heterocycles. The second kappa shape index (κ2) is 9.84. The number of carbonyl (C=O) groups excluding carboxylic acids is 2. The van der Waals surface area contributed by atoms with E-state index in [4.69, 9.17) is 0 Å². The number of ketones is 1. The summed E-state index contributed by atoms with van der Waals surface area (Å²) in [6, 6.07) is 21.2. The largest absolute Gasteiger partial charge is 0.368 e. The van der Waals surface area contributed by atoms with Crippen molar-refractivity contribution >= 4 is 29.0 Å². The van der Waals surface area contributed by atoms with Gasteiger partial charge in [-0.1, -0.05) is 48.5 Å². The Morgan fingerprint density at radius 1 is 0.806 bits per heavy atom. The van der Waals surface area contributed by atoms with Crippen molar-refractivity contribution < 1.29 is 9.59 Å². The minimum atomic E-state index is -0.233. The van der Waals surface area contributed by atoms with Crippen molar-refractivity contribution in [3.05, 3.63) is 78.6 Å². The standard InChI is InChI=1S/C24H25N5O2/c30-21(19-7-3-1-4-8-19)11-12-24(31)27-22-17-23(26-18-25-22)29-15-13-28(14-16-29)20-9-5-2-6-10-20/h1-10,17-18H,11-16H2,(H,25,26,27,31). The Balaban J connectivity index is 1.29. The number of anilines is 3. The van der Waals surface area contributed by atoms with E-state index in [1.165, 1.54) is 12.0 Å². The summed E-state index contributed by atoms with van der Waals surface area (Å²) >= 11 is 0. The number of carbonyl (C=O) groups is 2. The summed E-state index contributed by atoms with van der Waals surface area (Å²) in [6.45, 7) is 3.48. The molecule has 1 amide bonds. The van der Waals surface area contributed by atoms with E-state index in [-0.39, 0.29) is 24.5 Å². The maximum Gasteiger partial charge on any atom is 0.225 e. The molecule has 0 radical (unpaired) electrons. The lowest BCUT2D eigenvalue weighted by Crippen LogP contribution is -2.46. The Bertz CT molecular complexity index is 1020. The molecule has 0 atom stereocenters. The van der Waals surface area contributed by atoms with E-state index in [1.807, 2.05) is 24.3 Å². The quantitative estimate of drug-likeness (QED) is 0.596. The average molecular weight is 415 g/mol. The van der Waals surface area contributed by atoms with Crippen LogP contribution in [0.4, 0.5) is 17.3 Å². The highest BCUT2D eigenvalue weighted by atomic mass is 16.2. The van der Waals surface area contributed by atoms with Crippen molar-refractivity contribution in [3.8, 4) is 0 Å². The molecule has 7 nitrogen and oxygen atoms in total. The molecule has 31 heavy (non-hydrogen) atoms. The Morgan fingerprint density at radius 3 is 2.16 bits per heavy atom. The van der Waals surface area contributed by atoms with E-state index in [2.05, 4.69) is 49.4 Å². The number of benzene rings is 2. The van der Waals surface area contributed by atoms with Gasteiger partial charge in [0.25, 0.3) is 0 Å². The van der Waals surface area contributed by atoms with Crippen LogP contribution in [0.15, 0.2) is 73.1 Å². The predicted octanol–water partition coefficient (Wildman–Crippen LogP) is 3.40. The van der Waals surface area contributed by atoms with E-state index < -0.39 is 0 Å². The molecule has 0 saturated carbocycles. The van der Waals surface area contributed by atoms with E-state index in [9.17, 15) is 9.59 Å². The third-order valence-electron chi connectivity index (χ3n) is 5.32. The molecule has 1 N–H and O–H groups in total. The maximum atomic E-state index is 12.3. The summed E-state index contributed by atoms with van der Waals surface area (Å²) in [7, 11) is 0. The summed E-state index contributed by atoms with van der Waals surface area (Å²) in [5, 5.41) is 2.78. The highest BCUT2D eigenvalue weighted by Crippen LogP contribution is 2.20. The first kappa shape index (κ1) is 20.5. The topological polar surface area (TPSA) is 78.4 Å². The van der Waals surface area contributed by atoms with Crippen molar-refractivity contribution in [3.63, 3.8) is 0 Å². The van der Waals surface area contributed by atoms with Gasteiger partial charge < -0.3 is 15.1 Å². The lowest BCUT2D eigenvalue weighted by molar-refractivity contribution is -0.116. The van der Waals surface area contributed by atoms with Crippen LogP contribution in [0.2, 0.25) is 0 Å². The number of Topliss-reactive ketones (excluding diaryl/α,β-unsaturated/α-hetero) is 1. The zero-order valence-electron chi connectivity index (χ0n) is 17.3. The number of nitrogens with one attached hydrogen (secondary N) is 1. The summed E-state index contributed by atoms with van der Waals surface area (Å²) in [4.78, 5) is 37.5. The second-order valence-electron chi connectivity index (χ2n) is 7.41. The van der Waals surface area contributed by atoms with Crippen molar-refractivity contribution in [1.29, 1.82) is 0 Å². The fraction of sp³-hybridized carbons (Fsp3) is 0.250. The van der Waals surface area contributed by atoms with Crippen LogP contribution in [-0.2, 0) is 4.79 Å². The highest BCUT2D eigenvalue weighted by molar-refractivity contribution is 5.99. The molecule has 1 fully saturated rings. The van der Waals surface area contributed by atoms with Gasteiger partial charge in [-0.05, 0) is 12.1 Å². The summed E-state index contributed by atoms with van der Waals surface area (Å²) < 4.78 is 0. The van der Waals surface area contributed by atoms with Gasteiger partial charge >= 0.3 is 0 Å². The minimum absolute atomic E-state index is 0.0459. The number of nitrogens with zero attached hydrogens (tertiary/aromatic N) is 4. The number of aromatic nitrogens is 2. The molecule has 0 spiro atoms. The third kappa shape index (κ3) is 5.45. The van der Waals surface area contributed by atoms with Crippen LogP contribution in [0, 0.1) is 0 Å². The van der Waals surface area contributed by atoms with Crippen LogP contribution in [0.5, 0.6) is 0 Å². The van der Waals surface area contributed by atoms with Gasteiger partial charge in [0.1, 0.15) is 18.0 Å². The third-order valence-corrected chi connectivity index (χ3v) is 5.32. The molecule has 1 aliphatic heterocycles. The molecule has 7 heteroatoms. The molecular formula is C24H25N5O2. The van der Waals surface area contributed by atoms with Gasteiger partial charge in [0, 0.05) is 56.3 Å². The Kier molecular flexibility index (Phi) is 6.52. The van der Waals surface area contributed by atoms with Crippen LogP contribution in [0.3, 0.4) is 0 Å². The SMILES string of the molecule is O=C(CCC(=O)c1ccccc1)Nc1cc(N2CCN(c3ccccc3)CC2)ncn1. The van der Waals surface area contributed by atoms with Gasteiger partial charge in [-0.3, -0.25) is 9.59 Å². The molecule has 0 unspecified atom stereocenters. The van der Waals surface area contributed by atoms with Crippen molar-refractivity contribution in [2.24, 2.45) is 0 Å². The van der Waals surface area contributed by atoms with Gasteiger partial charge in [-0.25, -0.2) is 9.97 Å². The normalized spacial score (nSPS) is 13.7. The Labute approximate surface area is 181 Å². The Hall–Kier alpha value is -3.74. The van der Waals surface area contributed by atoms with Crippen LogP contribution < -0.4 is 15.1 Å².